The van der Waals surface area contributed by atoms with Gasteiger partial charge in [-0.15, -0.1) is 11.3 Å². The van der Waals surface area contributed by atoms with E-state index in [2.05, 4.69) is 16.0 Å². The van der Waals surface area contributed by atoms with Gasteiger partial charge in [0.15, 0.2) is 0 Å². The molecule has 0 saturated carbocycles. The number of thiophene rings is 1. The van der Waals surface area contributed by atoms with Crippen LogP contribution in [0.15, 0.2) is 41.8 Å². The lowest BCUT2D eigenvalue weighted by molar-refractivity contribution is -0.117. The number of carbonyl (C=O) groups is 3. The second kappa shape index (κ2) is 7.55. The standard InChI is InChI=1S/C16H17N3O3S/c1-10(18-16(22)13-4-3-9-23-13)14(20)19-12-7-5-11(6-8-12)15(21)17-2/h3-10H,1-2H3,(H,17,21)(H,18,22)(H,19,20). The van der Waals surface area contributed by atoms with Gasteiger partial charge in [-0.2, -0.15) is 0 Å². The fourth-order valence-electron chi connectivity index (χ4n) is 1.84. The molecule has 3 amide bonds. The number of amides is 3. The fourth-order valence-corrected chi connectivity index (χ4v) is 2.47. The zero-order valence-corrected chi connectivity index (χ0v) is 13.6. The summed E-state index contributed by atoms with van der Waals surface area (Å²) in [6.45, 7) is 1.61. The SMILES string of the molecule is CNC(=O)c1ccc(NC(=O)C(C)NC(=O)c2cccs2)cc1. The van der Waals surface area contributed by atoms with Crippen molar-refractivity contribution in [2.75, 3.05) is 12.4 Å². The van der Waals surface area contributed by atoms with E-state index in [9.17, 15) is 14.4 Å². The first kappa shape index (κ1) is 16.7. The normalized spacial score (nSPS) is 11.4. The lowest BCUT2D eigenvalue weighted by Gasteiger charge is -2.13. The zero-order chi connectivity index (χ0) is 16.8. The monoisotopic (exact) mass is 331 g/mol. The van der Waals surface area contributed by atoms with Gasteiger partial charge in [0, 0.05) is 18.3 Å². The quantitative estimate of drug-likeness (QED) is 0.781. The number of rotatable bonds is 5. The number of benzene rings is 1. The van der Waals surface area contributed by atoms with Crippen LogP contribution in [0.3, 0.4) is 0 Å². The van der Waals surface area contributed by atoms with Gasteiger partial charge in [-0.25, -0.2) is 0 Å². The van der Waals surface area contributed by atoms with Crippen LogP contribution in [0.25, 0.3) is 0 Å². The highest BCUT2D eigenvalue weighted by Gasteiger charge is 2.17. The molecule has 0 saturated heterocycles. The summed E-state index contributed by atoms with van der Waals surface area (Å²) in [6.07, 6.45) is 0. The maximum atomic E-state index is 12.1. The lowest BCUT2D eigenvalue weighted by Crippen LogP contribution is -2.41. The van der Waals surface area contributed by atoms with Crippen molar-refractivity contribution in [2.24, 2.45) is 0 Å². The summed E-state index contributed by atoms with van der Waals surface area (Å²) in [5.74, 6) is -0.806. The molecular formula is C16H17N3O3S. The molecule has 120 valence electrons. The van der Waals surface area contributed by atoms with E-state index in [0.717, 1.165) is 0 Å². The van der Waals surface area contributed by atoms with Gasteiger partial charge in [-0.05, 0) is 42.6 Å². The Kier molecular flexibility index (Phi) is 5.48. The van der Waals surface area contributed by atoms with Gasteiger partial charge in [-0.1, -0.05) is 6.07 Å². The third kappa shape index (κ3) is 4.40. The molecule has 1 heterocycles. The molecule has 1 aromatic carbocycles. The average molecular weight is 331 g/mol. The highest BCUT2D eigenvalue weighted by Crippen LogP contribution is 2.11. The van der Waals surface area contributed by atoms with Crippen LogP contribution in [0.4, 0.5) is 5.69 Å². The molecule has 7 heteroatoms. The molecule has 0 aliphatic rings. The summed E-state index contributed by atoms with van der Waals surface area (Å²) in [5, 5.41) is 9.65. The van der Waals surface area contributed by atoms with E-state index in [-0.39, 0.29) is 17.7 Å². The van der Waals surface area contributed by atoms with E-state index in [1.807, 2.05) is 0 Å². The predicted octanol–water partition coefficient (Wildman–Crippen LogP) is 1.86. The summed E-state index contributed by atoms with van der Waals surface area (Å²) < 4.78 is 0. The molecule has 2 rings (SSSR count). The zero-order valence-electron chi connectivity index (χ0n) is 12.8. The molecule has 0 fully saturated rings. The summed E-state index contributed by atoms with van der Waals surface area (Å²) in [5.41, 5.74) is 1.06. The van der Waals surface area contributed by atoms with Gasteiger partial charge >= 0.3 is 0 Å². The number of hydrogen-bond donors (Lipinski definition) is 3. The first-order valence-electron chi connectivity index (χ1n) is 6.98. The third-order valence-electron chi connectivity index (χ3n) is 3.13. The molecule has 0 spiro atoms. The van der Waals surface area contributed by atoms with Gasteiger partial charge in [-0.3, -0.25) is 14.4 Å². The number of carbonyl (C=O) groups excluding carboxylic acids is 3. The van der Waals surface area contributed by atoms with Crippen LogP contribution in [0.1, 0.15) is 27.0 Å². The van der Waals surface area contributed by atoms with Crippen molar-refractivity contribution in [3.8, 4) is 0 Å². The van der Waals surface area contributed by atoms with Gasteiger partial charge in [0.25, 0.3) is 11.8 Å². The molecule has 0 aliphatic carbocycles. The molecule has 0 radical (unpaired) electrons. The molecule has 0 aliphatic heterocycles. The summed E-state index contributed by atoms with van der Waals surface area (Å²) in [4.78, 5) is 36.0. The van der Waals surface area contributed by atoms with Crippen molar-refractivity contribution >= 4 is 34.7 Å². The maximum Gasteiger partial charge on any atom is 0.261 e. The van der Waals surface area contributed by atoms with Crippen LogP contribution in [0, 0.1) is 0 Å². The number of anilines is 1. The Bertz CT molecular complexity index is 696. The topological polar surface area (TPSA) is 87.3 Å². The Hall–Kier alpha value is -2.67. The number of nitrogens with one attached hydrogen (secondary N) is 3. The van der Waals surface area contributed by atoms with Crippen molar-refractivity contribution in [1.29, 1.82) is 0 Å². The summed E-state index contributed by atoms with van der Waals surface area (Å²) in [7, 11) is 1.55. The third-order valence-corrected chi connectivity index (χ3v) is 4.00. The van der Waals surface area contributed by atoms with Crippen molar-refractivity contribution in [1.82, 2.24) is 10.6 Å². The van der Waals surface area contributed by atoms with Gasteiger partial charge in [0.2, 0.25) is 5.91 Å². The minimum absolute atomic E-state index is 0.195. The summed E-state index contributed by atoms with van der Waals surface area (Å²) >= 11 is 1.31. The minimum Gasteiger partial charge on any atom is -0.355 e. The molecule has 3 N–H and O–H groups in total. The molecule has 2 aromatic rings. The molecule has 6 nitrogen and oxygen atoms in total. The smallest absolute Gasteiger partial charge is 0.261 e. The second-order valence-electron chi connectivity index (χ2n) is 4.82. The molecular weight excluding hydrogens is 314 g/mol. The highest BCUT2D eigenvalue weighted by molar-refractivity contribution is 7.12. The second-order valence-corrected chi connectivity index (χ2v) is 5.77. The molecule has 0 bridgehead atoms. The Balaban J connectivity index is 1.93. The van der Waals surface area contributed by atoms with Crippen LogP contribution in [0.2, 0.25) is 0 Å². The largest absolute Gasteiger partial charge is 0.355 e. The number of hydrogen-bond acceptors (Lipinski definition) is 4. The van der Waals surface area contributed by atoms with Gasteiger partial charge < -0.3 is 16.0 Å². The Morgan fingerprint density at radius 3 is 2.30 bits per heavy atom. The van der Waals surface area contributed by atoms with Crippen molar-refractivity contribution < 1.29 is 14.4 Å². The highest BCUT2D eigenvalue weighted by atomic mass is 32.1. The van der Waals surface area contributed by atoms with Crippen molar-refractivity contribution in [3.05, 3.63) is 52.2 Å². The van der Waals surface area contributed by atoms with Crippen LogP contribution < -0.4 is 16.0 Å². The minimum atomic E-state index is -0.678. The van der Waals surface area contributed by atoms with E-state index in [1.54, 1.807) is 55.7 Å². The molecule has 1 aromatic heterocycles. The molecule has 23 heavy (non-hydrogen) atoms. The van der Waals surface area contributed by atoms with E-state index >= 15 is 0 Å². The first-order valence-corrected chi connectivity index (χ1v) is 7.86. The lowest BCUT2D eigenvalue weighted by atomic mass is 10.2. The van der Waals surface area contributed by atoms with E-state index in [1.165, 1.54) is 11.3 Å². The van der Waals surface area contributed by atoms with Crippen LogP contribution in [-0.2, 0) is 4.79 Å². The average Bonchev–Trinajstić information content (AvgIpc) is 3.09. The van der Waals surface area contributed by atoms with Gasteiger partial charge in [0.1, 0.15) is 6.04 Å². The van der Waals surface area contributed by atoms with Crippen LogP contribution >= 0.6 is 11.3 Å². The summed E-state index contributed by atoms with van der Waals surface area (Å²) in [6, 6.07) is 9.29. The molecule has 1 unspecified atom stereocenters. The van der Waals surface area contributed by atoms with Gasteiger partial charge in [0.05, 0.1) is 4.88 Å². The van der Waals surface area contributed by atoms with Crippen molar-refractivity contribution in [2.45, 2.75) is 13.0 Å². The fraction of sp³-hybridized carbons (Fsp3) is 0.188. The Morgan fingerprint density at radius 1 is 1.04 bits per heavy atom. The first-order chi connectivity index (χ1) is 11.0. The maximum absolute atomic E-state index is 12.1. The van der Waals surface area contributed by atoms with E-state index in [0.29, 0.717) is 16.1 Å². The van der Waals surface area contributed by atoms with Crippen LogP contribution in [0.5, 0.6) is 0 Å². The van der Waals surface area contributed by atoms with E-state index in [4.69, 9.17) is 0 Å². The van der Waals surface area contributed by atoms with Crippen LogP contribution in [-0.4, -0.2) is 30.8 Å². The Labute approximate surface area is 137 Å². The predicted molar refractivity (Wildman–Crippen MR) is 89.7 cm³/mol. The van der Waals surface area contributed by atoms with Crippen molar-refractivity contribution in [3.63, 3.8) is 0 Å². The Morgan fingerprint density at radius 2 is 1.74 bits per heavy atom. The molecule has 1 atom stereocenters. The van der Waals surface area contributed by atoms with E-state index < -0.39 is 6.04 Å².